The third-order valence-electron chi connectivity index (χ3n) is 3.58. The van der Waals surface area contributed by atoms with Crippen LogP contribution in [0.2, 0.25) is 0 Å². The molecule has 0 aliphatic carbocycles. The van der Waals surface area contributed by atoms with Crippen molar-refractivity contribution >= 4 is 11.9 Å². The molecular weight excluding hydrogens is 350 g/mol. The molecule has 1 aliphatic heterocycles. The minimum Gasteiger partial charge on any atom is -0.477 e. The van der Waals surface area contributed by atoms with Crippen molar-refractivity contribution in [1.29, 1.82) is 5.26 Å². The van der Waals surface area contributed by atoms with E-state index in [1.165, 1.54) is 6.07 Å². The number of nitrogens with one attached hydrogen (secondary N) is 1. The number of hydrogen-bond donors (Lipinski definition) is 5. The van der Waals surface area contributed by atoms with Crippen molar-refractivity contribution in [2.24, 2.45) is 0 Å². The summed E-state index contributed by atoms with van der Waals surface area (Å²) in [6.45, 7) is -0.791. The van der Waals surface area contributed by atoms with Crippen molar-refractivity contribution in [2.45, 2.75) is 49.4 Å². The summed E-state index contributed by atoms with van der Waals surface area (Å²) < 4.78 is 38.3. The molecule has 0 unspecified atom stereocenters. The van der Waals surface area contributed by atoms with E-state index < -0.39 is 67.6 Å². The number of hydrogen-bond acceptors (Lipinski definition) is 8. The molecule has 142 valence electrons. The molecule has 0 radical (unpaired) electrons. The van der Waals surface area contributed by atoms with Crippen LogP contribution in [0.15, 0.2) is 0 Å². The lowest BCUT2D eigenvalue weighted by Crippen LogP contribution is -2.71. The highest BCUT2D eigenvalue weighted by Crippen LogP contribution is 2.37. The number of nitriles is 1. The monoisotopic (exact) mass is 368 g/mol. The third-order valence-corrected chi connectivity index (χ3v) is 3.58. The number of carbonyl (C=O) groups excluding carboxylic acids is 1. The van der Waals surface area contributed by atoms with Gasteiger partial charge in [-0.2, -0.15) is 9.65 Å². The van der Waals surface area contributed by atoms with E-state index in [9.17, 15) is 28.6 Å². The number of aliphatic hydroxyl groups is 3. The topological polar surface area (TPSA) is 169 Å². The number of amides is 1. The SMILES string of the molecule is CC(=O)N[C@@H]1[C@@H](OCC#N)[C@H](F)[C@@](F)(C(=O)O)O[C@H]1[C@H](O)[C@H](O)CO. The lowest BCUT2D eigenvalue weighted by Gasteiger charge is -2.46. The number of ether oxygens (including phenoxy) is 2. The largest absolute Gasteiger partial charge is 0.477 e. The van der Waals surface area contributed by atoms with Crippen LogP contribution >= 0.6 is 0 Å². The number of halogens is 2. The van der Waals surface area contributed by atoms with Crippen LogP contribution in [0.3, 0.4) is 0 Å². The first-order valence-corrected chi connectivity index (χ1v) is 7.07. The smallest absolute Gasteiger partial charge is 0.372 e. The predicted molar refractivity (Wildman–Crippen MR) is 73.3 cm³/mol. The molecule has 1 amide bonds. The van der Waals surface area contributed by atoms with E-state index >= 15 is 0 Å². The summed E-state index contributed by atoms with van der Waals surface area (Å²) >= 11 is 0. The number of rotatable bonds is 7. The Bertz CT molecular complexity index is 545. The maximum absolute atomic E-state index is 14.5. The van der Waals surface area contributed by atoms with Crippen LogP contribution in [-0.2, 0) is 19.1 Å². The average Bonchev–Trinajstić information content (AvgIpc) is 2.55. The zero-order chi connectivity index (χ0) is 19.4. The molecule has 0 saturated carbocycles. The van der Waals surface area contributed by atoms with Crippen LogP contribution in [-0.4, -0.2) is 88.0 Å². The summed E-state index contributed by atoms with van der Waals surface area (Å²) in [6, 6.07) is -0.173. The molecule has 10 nitrogen and oxygen atoms in total. The van der Waals surface area contributed by atoms with E-state index in [2.05, 4.69) is 10.1 Å². The predicted octanol–water partition coefficient (Wildman–Crippen LogP) is -2.40. The fraction of sp³-hybridized carbons (Fsp3) is 0.769. The van der Waals surface area contributed by atoms with Crippen molar-refractivity contribution in [3.63, 3.8) is 0 Å². The number of aliphatic carboxylic acids is 1. The van der Waals surface area contributed by atoms with Crippen molar-refractivity contribution < 1.29 is 48.3 Å². The zero-order valence-electron chi connectivity index (χ0n) is 13.0. The van der Waals surface area contributed by atoms with Gasteiger partial charge in [0.1, 0.15) is 31.0 Å². The Morgan fingerprint density at radius 2 is 2.08 bits per heavy atom. The van der Waals surface area contributed by atoms with Crippen LogP contribution in [0, 0.1) is 11.3 Å². The van der Waals surface area contributed by atoms with E-state index in [4.69, 9.17) is 20.2 Å². The van der Waals surface area contributed by atoms with Crippen LogP contribution in [0.25, 0.3) is 0 Å². The van der Waals surface area contributed by atoms with Gasteiger partial charge in [0.05, 0.1) is 18.7 Å². The number of alkyl halides is 2. The quantitative estimate of drug-likeness (QED) is 0.329. The van der Waals surface area contributed by atoms with Crippen molar-refractivity contribution in [3.05, 3.63) is 0 Å². The molecule has 1 rings (SSSR count). The number of nitrogens with zero attached hydrogens (tertiary/aromatic N) is 1. The van der Waals surface area contributed by atoms with Crippen molar-refractivity contribution in [3.8, 4) is 6.07 Å². The fourth-order valence-corrected chi connectivity index (χ4v) is 2.41. The molecule has 1 aliphatic rings. The van der Waals surface area contributed by atoms with E-state index in [1.54, 1.807) is 0 Å². The number of carboxylic acids is 1. The Labute approximate surface area is 140 Å². The molecular formula is C13H18F2N2O8. The van der Waals surface area contributed by atoms with Crippen LogP contribution in [0.4, 0.5) is 8.78 Å². The first kappa shape index (κ1) is 21.1. The van der Waals surface area contributed by atoms with Gasteiger partial charge in [0.25, 0.3) is 0 Å². The second-order valence-corrected chi connectivity index (χ2v) is 5.33. The minimum absolute atomic E-state index is 0.776. The molecule has 0 bridgehead atoms. The lowest BCUT2D eigenvalue weighted by molar-refractivity contribution is -0.297. The Morgan fingerprint density at radius 3 is 2.52 bits per heavy atom. The van der Waals surface area contributed by atoms with E-state index in [0.717, 1.165) is 6.92 Å². The Kier molecular flexibility index (Phi) is 7.15. The summed E-state index contributed by atoms with van der Waals surface area (Å²) in [5.41, 5.74) is 0. The highest BCUT2D eigenvalue weighted by atomic mass is 19.2. The highest BCUT2D eigenvalue weighted by Gasteiger charge is 2.63. The van der Waals surface area contributed by atoms with Crippen LogP contribution in [0.1, 0.15) is 6.92 Å². The van der Waals surface area contributed by atoms with Gasteiger partial charge in [-0.05, 0) is 0 Å². The van der Waals surface area contributed by atoms with Gasteiger partial charge in [-0.3, -0.25) is 4.79 Å². The van der Waals surface area contributed by atoms with Gasteiger partial charge < -0.3 is 35.2 Å². The zero-order valence-corrected chi connectivity index (χ0v) is 13.0. The highest BCUT2D eigenvalue weighted by molar-refractivity contribution is 5.77. The second kappa shape index (κ2) is 8.45. The summed E-state index contributed by atoms with van der Waals surface area (Å²) in [5, 5.41) is 48.0. The Hall–Kier alpha value is -1.91. The van der Waals surface area contributed by atoms with Gasteiger partial charge in [0.2, 0.25) is 5.91 Å². The molecule has 0 aromatic carbocycles. The van der Waals surface area contributed by atoms with E-state index in [0.29, 0.717) is 0 Å². The summed E-state index contributed by atoms with van der Waals surface area (Å²) in [5.74, 6) is -7.14. The van der Waals surface area contributed by atoms with Gasteiger partial charge >= 0.3 is 11.8 Å². The van der Waals surface area contributed by atoms with E-state index in [1.807, 2.05) is 0 Å². The molecule has 7 atom stereocenters. The van der Waals surface area contributed by atoms with Crippen LogP contribution in [0.5, 0.6) is 0 Å². The molecule has 5 N–H and O–H groups in total. The summed E-state index contributed by atoms with van der Waals surface area (Å²) in [4.78, 5) is 22.4. The average molecular weight is 368 g/mol. The summed E-state index contributed by atoms with van der Waals surface area (Å²) in [6.07, 6.45) is -11.0. The molecule has 0 spiro atoms. The van der Waals surface area contributed by atoms with Gasteiger partial charge in [-0.15, -0.1) is 0 Å². The number of carboxylic acid groups (broad SMARTS) is 1. The second-order valence-electron chi connectivity index (χ2n) is 5.33. The molecule has 25 heavy (non-hydrogen) atoms. The Morgan fingerprint density at radius 1 is 1.48 bits per heavy atom. The van der Waals surface area contributed by atoms with Crippen molar-refractivity contribution in [2.75, 3.05) is 13.2 Å². The lowest BCUT2D eigenvalue weighted by atomic mass is 9.87. The minimum atomic E-state index is -3.98. The third kappa shape index (κ3) is 4.39. The summed E-state index contributed by atoms with van der Waals surface area (Å²) in [7, 11) is 0. The maximum Gasteiger partial charge on any atom is 0.372 e. The van der Waals surface area contributed by atoms with Gasteiger partial charge in [-0.1, -0.05) is 0 Å². The van der Waals surface area contributed by atoms with Gasteiger partial charge in [-0.25, -0.2) is 9.18 Å². The normalized spacial score (nSPS) is 34.6. The van der Waals surface area contributed by atoms with Gasteiger partial charge in [0.15, 0.2) is 6.17 Å². The standard InChI is InChI=1S/C13H18F2N2O8/c1-5(19)17-7-9(8(21)6(20)4-18)25-13(15,12(22)23)11(14)10(7)24-3-2-16/h6-11,18,20-21H,3-4H2,1H3,(H,17,19)(H,22,23)/t6-,7+,8-,9-,10-,11+,13+/m1/s1. The first-order chi connectivity index (χ1) is 11.6. The molecule has 0 aromatic rings. The van der Waals surface area contributed by atoms with Crippen molar-refractivity contribution in [1.82, 2.24) is 5.32 Å². The fourth-order valence-electron chi connectivity index (χ4n) is 2.41. The molecule has 1 fully saturated rings. The Balaban J connectivity index is 3.34. The molecule has 1 saturated heterocycles. The van der Waals surface area contributed by atoms with Crippen LogP contribution < -0.4 is 5.32 Å². The van der Waals surface area contributed by atoms with E-state index in [-0.39, 0.29) is 0 Å². The maximum atomic E-state index is 14.5. The first-order valence-electron chi connectivity index (χ1n) is 7.07. The molecule has 12 heteroatoms. The molecule has 1 heterocycles. The number of carbonyl (C=O) groups is 2. The molecule has 0 aromatic heterocycles. The number of aliphatic hydroxyl groups excluding tert-OH is 3. The van der Waals surface area contributed by atoms with Gasteiger partial charge in [0, 0.05) is 6.92 Å².